The summed E-state index contributed by atoms with van der Waals surface area (Å²) in [4.78, 5) is 34.8. The predicted octanol–water partition coefficient (Wildman–Crippen LogP) is 2.22. The van der Waals surface area contributed by atoms with Gasteiger partial charge in [0.05, 0.1) is 11.9 Å². The molecule has 3 aromatic rings. The van der Waals surface area contributed by atoms with E-state index in [-0.39, 0.29) is 18.0 Å². The number of carbonyl (C=O) groups is 1. The quantitative estimate of drug-likeness (QED) is 0.744. The summed E-state index contributed by atoms with van der Waals surface area (Å²) in [5.74, 6) is 0.232. The van der Waals surface area contributed by atoms with Crippen molar-refractivity contribution in [2.24, 2.45) is 0 Å². The van der Waals surface area contributed by atoms with Gasteiger partial charge in [-0.15, -0.1) is 0 Å². The summed E-state index contributed by atoms with van der Waals surface area (Å²) in [6.45, 7) is 0.142. The van der Waals surface area contributed by atoms with Crippen LogP contribution < -0.4 is 10.9 Å². The number of halogens is 1. The van der Waals surface area contributed by atoms with E-state index in [0.717, 1.165) is 5.56 Å². The van der Waals surface area contributed by atoms with Crippen LogP contribution in [0.4, 0.5) is 0 Å². The summed E-state index contributed by atoms with van der Waals surface area (Å²) in [5.41, 5.74) is 1.02. The van der Waals surface area contributed by atoms with Gasteiger partial charge in [0.25, 0.3) is 5.56 Å². The molecule has 0 saturated heterocycles. The van der Waals surface area contributed by atoms with Crippen LogP contribution in [-0.4, -0.2) is 20.9 Å². The molecule has 0 saturated carbocycles. The van der Waals surface area contributed by atoms with Gasteiger partial charge in [-0.3, -0.25) is 9.59 Å². The van der Waals surface area contributed by atoms with Crippen LogP contribution in [0.2, 0.25) is 5.02 Å². The van der Waals surface area contributed by atoms with Crippen molar-refractivity contribution >= 4 is 28.5 Å². The molecule has 1 amide bonds. The van der Waals surface area contributed by atoms with E-state index >= 15 is 0 Å². The molecule has 0 aliphatic heterocycles. The molecule has 0 radical (unpaired) electrons. The van der Waals surface area contributed by atoms with E-state index in [1.165, 1.54) is 0 Å². The largest absolute Gasteiger partial charge is 0.349 e. The zero-order chi connectivity index (χ0) is 16.9. The maximum absolute atomic E-state index is 12.0. The van der Waals surface area contributed by atoms with Gasteiger partial charge in [-0.25, -0.2) is 9.97 Å². The molecule has 2 aromatic heterocycles. The van der Waals surface area contributed by atoms with Gasteiger partial charge in [-0.2, -0.15) is 0 Å². The molecule has 0 fully saturated rings. The third-order valence-corrected chi connectivity index (χ3v) is 3.93. The van der Waals surface area contributed by atoms with Gasteiger partial charge in [0, 0.05) is 17.6 Å². The average molecular weight is 343 g/mol. The molecule has 0 bridgehead atoms. The molecular weight excluding hydrogens is 328 g/mol. The lowest BCUT2D eigenvalue weighted by molar-refractivity contribution is -0.121. The molecule has 0 spiro atoms. The number of aryl methyl sites for hydroxylation is 1. The molecule has 24 heavy (non-hydrogen) atoms. The number of fused-ring (bicyclic) bond motifs is 1. The molecule has 0 atom stereocenters. The van der Waals surface area contributed by atoms with Gasteiger partial charge in [-0.05, 0) is 30.2 Å². The maximum atomic E-state index is 12.0. The van der Waals surface area contributed by atoms with E-state index in [1.807, 2.05) is 18.2 Å². The first-order valence-corrected chi connectivity index (χ1v) is 7.85. The minimum atomic E-state index is -0.270. The summed E-state index contributed by atoms with van der Waals surface area (Å²) in [5, 5.41) is 3.81. The number of aromatic nitrogens is 3. The van der Waals surface area contributed by atoms with Gasteiger partial charge in [0.2, 0.25) is 5.91 Å². The van der Waals surface area contributed by atoms with Crippen molar-refractivity contribution in [1.29, 1.82) is 0 Å². The fourth-order valence-corrected chi connectivity index (χ4v) is 2.55. The highest BCUT2D eigenvalue weighted by Gasteiger charge is 2.07. The third kappa shape index (κ3) is 3.78. The number of hydrogen-bond donors (Lipinski definition) is 2. The number of H-pyrrole nitrogens is 1. The SMILES string of the molecule is O=C(CCc1ccccc1Cl)NCc1nc2ncccc2c(=O)[nH]1. The van der Waals surface area contributed by atoms with E-state index in [1.54, 1.807) is 24.4 Å². The first-order chi connectivity index (χ1) is 11.6. The number of benzene rings is 1. The lowest BCUT2D eigenvalue weighted by atomic mass is 10.1. The second-order valence-electron chi connectivity index (χ2n) is 5.26. The number of aromatic amines is 1. The van der Waals surface area contributed by atoms with Crippen LogP contribution in [0.15, 0.2) is 47.4 Å². The molecule has 2 heterocycles. The van der Waals surface area contributed by atoms with Gasteiger partial charge in [0.1, 0.15) is 5.82 Å². The Labute approximate surface area is 142 Å². The minimum Gasteiger partial charge on any atom is -0.349 e. The van der Waals surface area contributed by atoms with E-state index in [9.17, 15) is 9.59 Å². The Balaban J connectivity index is 1.60. The molecular formula is C17H15ClN4O2. The van der Waals surface area contributed by atoms with Crippen molar-refractivity contribution in [2.45, 2.75) is 19.4 Å². The Bertz CT molecular complexity index is 939. The predicted molar refractivity (Wildman–Crippen MR) is 91.8 cm³/mol. The van der Waals surface area contributed by atoms with E-state index in [0.29, 0.717) is 34.7 Å². The lowest BCUT2D eigenvalue weighted by Crippen LogP contribution is -2.26. The highest BCUT2D eigenvalue weighted by atomic mass is 35.5. The van der Waals surface area contributed by atoms with E-state index in [4.69, 9.17) is 11.6 Å². The minimum absolute atomic E-state index is 0.140. The standard InChI is InChI=1S/C17H15ClN4O2/c18-13-6-2-1-4-11(13)7-8-15(23)20-10-14-21-16-12(17(24)22-14)5-3-9-19-16/h1-6,9H,7-8,10H2,(H,20,23)(H,19,21,22,24). The monoisotopic (exact) mass is 342 g/mol. The van der Waals surface area contributed by atoms with Crippen molar-refractivity contribution in [3.8, 4) is 0 Å². The number of nitrogens with one attached hydrogen (secondary N) is 2. The second kappa shape index (κ2) is 7.23. The number of amides is 1. The molecule has 2 N–H and O–H groups in total. The Morgan fingerprint density at radius 1 is 1.21 bits per heavy atom. The molecule has 6 nitrogen and oxygen atoms in total. The van der Waals surface area contributed by atoms with Crippen LogP contribution in [0, 0.1) is 0 Å². The van der Waals surface area contributed by atoms with Crippen LogP contribution in [0.3, 0.4) is 0 Å². The summed E-state index contributed by atoms with van der Waals surface area (Å²) in [6, 6.07) is 10.8. The summed E-state index contributed by atoms with van der Waals surface area (Å²) < 4.78 is 0. The van der Waals surface area contributed by atoms with Gasteiger partial charge in [-0.1, -0.05) is 29.8 Å². The Morgan fingerprint density at radius 3 is 2.88 bits per heavy atom. The Hall–Kier alpha value is -2.73. The highest BCUT2D eigenvalue weighted by molar-refractivity contribution is 6.31. The van der Waals surface area contributed by atoms with Gasteiger partial charge >= 0.3 is 0 Å². The Morgan fingerprint density at radius 2 is 2.04 bits per heavy atom. The van der Waals surface area contributed by atoms with Crippen LogP contribution in [0.25, 0.3) is 11.0 Å². The molecule has 7 heteroatoms. The number of pyridine rings is 1. The lowest BCUT2D eigenvalue weighted by Gasteiger charge is -2.06. The van der Waals surface area contributed by atoms with E-state index in [2.05, 4.69) is 20.3 Å². The normalized spacial score (nSPS) is 10.7. The van der Waals surface area contributed by atoms with Crippen molar-refractivity contribution < 1.29 is 4.79 Å². The second-order valence-corrected chi connectivity index (χ2v) is 5.66. The van der Waals surface area contributed by atoms with Crippen molar-refractivity contribution in [2.75, 3.05) is 0 Å². The van der Waals surface area contributed by atoms with Gasteiger partial charge < -0.3 is 10.3 Å². The van der Waals surface area contributed by atoms with Crippen molar-refractivity contribution in [3.05, 3.63) is 69.4 Å². The molecule has 0 aliphatic carbocycles. The molecule has 3 rings (SSSR count). The average Bonchev–Trinajstić information content (AvgIpc) is 2.59. The summed E-state index contributed by atoms with van der Waals surface area (Å²) in [7, 11) is 0. The van der Waals surface area contributed by atoms with Crippen LogP contribution in [-0.2, 0) is 17.8 Å². The molecule has 1 aromatic carbocycles. The number of hydrogen-bond acceptors (Lipinski definition) is 4. The fraction of sp³-hybridized carbons (Fsp3) is 0.176. The first kappa shape index (κ1) is 16.1. The molecule has 0 aliphatic rings. The van der Waals surface area contributed by atoms with Crippen LogP contribution in [0.5, 0.6) is 0 Å². The molecule has 122 valence electrons. The van der Waals surface area contributed by atoms with Crippen LogP contribution in [0.1, 0.15) is 17.8 Å². The highest BCUT2D eigenvalue weighted by Crippen LogP contribution is 2.16. The zero-order valence-electron chi connectivity index (χ0n) is 12.8. The summed E-state index contributed by atoms with van der Waals surface area (Å²) in [6.07, 6.45) is 2.43. The Kier molecular flexibility index (Phi) is 4.86. The number of nitrogens with zero attached hydrogens (tertiary/aromatic N) is 2. The number of rotatable bonds is 5. The topological polar surface area (TPSA) is 87.7 Å². The summed E-state index contributed by atoms with van der Waals surface area (Å²) >= 11 is 6.07. The van der Waals surface area contributed by atoms with Crippen molar-refractivity contribution in [3.63, 3.8) is 0 Å². The third-order valence-electron chi connectivity index (χ3n) is 3.56. The number of carbonyl (C=O) groups excluding carboxylic acids is 1. The smallest absolute Gasteiger partial charge is 0.260 e. The van der Waals surface area contributed by atoms with E-state index < -0.39 is 0 Å². The zero-order valence-corrected chi connectivity index (χ0v) is 13.5. The van der Waals surface area contributed by atoms with Gasteiger partial charge in [0.15, 0.2) is 5.65 Å². The molecule has 0 unspecified atom stereocenters. The van der Waals surface area contributed by atoms with Crippen LogP contribution >= 0.6 is 11.6 Å². The van der Waals surface area contributed by atoms with Crippen molar-refractivity contribution in [1.82, 2.24) is 20.3 Å². The maximum Gasteiger partial charge on any atom is 0.260 e. The fourth-order valence-electron chi connectivity index (χ4n) is 2.32. The first-order valence-electron chi connectivity index (χ1n) is 7.47.